The summed E-state index contributed by atoms with van der Waals surface area (Å²) < 4.78 is 0. The number of hydrogen-bond donors (Lipinski definition) is 2. The molecule has 0 aliphatic carbocycles. The van der Waals surface area contributed by atoms with Gasteiger partial charge in [-0.2, -0.15) is 0 Å². The fourth-order valence-electron chi connectivity index (χ4n) is 3.14. The van der Waals surface area contributed by atoms with Gasteiger partial charge in [0.15, 0.2) is 0 Å². The summed E-state index contributed by atoms with van der Waals surface area (Å²) in [4.78, 5) is 0. The highest BCUT2D eigenvalue weighted by Crippen LogP contribution is 2.37. The maximum atomic E-state index is 9.72. The monoisotopic (exact) mass is 304 g/mol. The van der Waals surface area contributed by atoms with Crippen LogP contribution in [0.1, 0.15) is 33.7 Å². The van der Waals surface area contributed by atoms with E-state index in [1.807, 2.05) is 44.2 Å². The summed E-state index contributed by atoms with van der Waals surface area (Å²) in [6.45, 7) is 4.03. The molecule has 3 aromatic rings. The van der Waals surface area contributed by atoms with Gasteiger partial charge in [-0.3, -0.25) is 0 Å². The van der Waals surface area contributed by atoms with E-state index in [-0.39, 0.29) is 17.4 Å². The van der Waals surface area contributed by atoms with Crippen molar-refractivity contribution < 1.29 is 10.2 Å². The van der Waals surface area contributed by atoms with Crippen molar-refractivity contribution in [1.29, 1.82) is 0 Å². The second-order valence-electron chi connectivity index (χ2n) is 5.93. The molecule has 3 rings (SSSR count). The first-order valence-corrected chi connectivity index (χ1v) is 7.70. The van der Waals surface area contributed by atoms with Gasteiger partial charge in [0.25, 0.3) is 0 Å². The highest BCUT2D eigenvalue weighted by atomic mass is 16.3. The zero-order valence-corrected chi connectivity index (χ0v) is 13.3. The molecule has 2 heteroatoms. The van der Waals surface area contributed by atoms with Gasteiger partial charge in [-0.1, -0.05) is 42.5 Å². The summed E-state index contributed by atoms with van der Waals surface area (Å²) in [6, 6.07) is 21.3. The van der Waals surface area contributed by atoms with Gasteiger partial charge in [-0.25, -0.2) is 0 Å². The van der Waals surface area contributed by atoms with Gasteiger partial charge >= 0.3 is 0 Å². The van der Waals surface area contributed by atoms with Crippen LogP contribution in [0.4, 0.5) is 0 Å². The summed E-state index contributed by atoms with van der Waals surface area (Å²) in [5, 5.41) is 19.4. The van der Waals surface area contributed by atoms with E-state index in [4.69, 9.17) is 0 Å². The smallest absolute Gasteiger partial charge is 0.115 e. The van der Waals surface area contributed by atoms with Gasteiger partial charge in [0.05, 0.1) is 0 Å². The highest BCUT2D eigenvalue weighted by Gasteiger charge is 2.20. The van der Waals surface area contributed by atoms with Crippen molar-refractivity contribution in [3.05, 3.63) is 94.5 Å². The van der Waals surface area contributed by atoms with Gasteiger partial charge in [-0.15, -0.1) is 0 Å². The van der Waals surface area contributed by atoms with Crippen LogP contribution in [0.25, 0.3) is 0 Å². The van der Waals surface area contributed by atoms with Crippen molar-refractivity contribution in [2.24, 2.45) is 0 Å². The minimum absolute atomic E-state index is 0.0670. The molecule has 0 aliphatic heterocycles. The molecule has 0 bridgehead atoms. The molecular weight excluding hydrogens is 284 g/mol. The van der Waals surface area contributed by atoms with E-state index in [1.165, 1.54) is 5.56 Å². The van der Waals surface area contributed by atoms with Gasteiger partial charge < -0.3 is 10.2 Å². The molecule has 0 atom stereocenters. The Hall–Kier alpha value is -2.74. The normalized spacial score (nSPS) is 10.9. The van der Waals surface area contributed by atoms with Crippen LogP contribution in [0.5, 0.6) is 11.5 Å². The third-order valence-corrected chi connectivity index (χ3v) is 4.26. The number of phenolic OH excluding ortho intramolecular Hbond substituents is 2. The van der Waals surface area contributed by atoms with E-state index in [2.05, 4.69) is 12.1 Å². The topological polar surface area (TPSA) is 40.5 Å². The van der Waals surface area contributed by atoms with Crippen LogP contribution in [0, 0.1) is 13.8 Å². The summed E-state index contributed by atoms with van der Waals surface area (Å²) in [6.07, 6.45) is 0. The Balaban J connectivity index is 2.22. The van der Waals surface area contributed by atoms with E-state index in [9.17, 15) is 10.2 Å². The lowest BCUT2D eigenvalue weighted by Gasteiger charge is -2.23. The Bertz CT molecular complexity index is 771. The molecule has 2 nitrogen and oxygen atoms in total. The standard InChI is InChI=1S/C21H20O2/c1-14-12-17(22)8-10-19(14)21(16-6-4-3-5-7-16)20-11-9-18(23)13-15(20)2/h3-13,21-23H,1-2H3. The summed E-state index contributed by atoms with van der Waals surface area (Å²) in [7, 11) is 0. The van der Waals surface area contributed by atoms with Crippen molar-refractivity contribution in [3.63, 3.8) is 0 Å². The fourth-order valence-corrected chi connectivity index (χ4v) is 3.14. The molecule has 116 valence electrons. The van der Waals surface area contributed by atoms with Crippen molar-refractivity contribution in [3.8, 4) is 11.5 Å². The maximum Gasteiger partial charge on any atom is 0.115 e. The van der Waals surface area contributed by atoms with Gasteiger partial charge in [0.1, 0.15) is 11.5 Å². The lowest BCUT2D eigenvalue weighted by atomic mass is 9.81. The van der Waals surface area contributed by atoms with Gasteiger partial charge in [-0.05, 0) is 65.9 Å². The molecule has 0 saturated heterocycles. The molecule has 0 fully saturated rings. The lowest BCUT2D eigenvalue weighted by molar-refractivity contribution is 0.474. The number of benzene rings is 3. The predicted molar refractivity (Wildman–Crippen MR) is 93.1 cm³/mol. The zero-order valence-electron chi connectivity index (χ0n) is 13.3. The Morgan fingerprint density at radius 3 is 1.57 bits per heavy atom. The fraction of sp³-hybridized carbons (Fsp3) is 0.143. The number of phenols is 2. The van der Waals surface area contributed by atoms with E-state index in [1.54, 1.807) is 24.3 Å². The molecule has 23 heavy (non-hydrogen) atoms. The minimum atomic E-state index is 0.0670. The highest BCUT2D eigenvalue weighted by molar-refractivity contribution is 5.51. The number of aryl methyl sites for hydroxylation is 2. The Labute approximate surface area is 136 Å². The molecule has 0 unspecified atom stereocenters. The maximum absolute atomic E-state index is 9.72. The van der Waals surface area contributed by atoms with E-state index in [0.29, 0.717) is 0 Å². The van der Waals surface area contributed by atoms with E-state index >= 15 is 0 Å². The first kappa shape index (κ1) is 15.2. The number of rotatable bonds is 3. The quantitative estimate of drug-likeness (QED) is 0.676. The zero-order chi connectivity index (χ0) is 16.4. The van der Waals surface area contributed by atoms with Crippen LogP contribution in [0.3, 0.4) is 0 Å². The summed E-state index contributed by atoms with van der Waals surface area (Å²) in [5.74, 6) is 0.623. The second kappa shape index (κ2) is 6.17. The lowest BCUT2D eigenvalue weighted by Crippen LogP contribution is -2.07. The minimum Gasteiger partial charge on any atom is -0.508 e. The third-order valence-electron chi connectivity index (χ3n) is 4.26. The summed E-state index contributed by atoms with van der Waals surface area (Å²) in [5.41, 5.74) is 5.60. The third kappa shape index (κ3) is 3.07. The Morgan fingerprint density at radius 2 is 1.13 bits per heavy atom. The molecule has 0 aromatic heterocycles. The van der Waals surface area contributed by atoms with E-state index in [0.717, 1.165) is 22.3 Å². The molecular formula is C21H20O2. The number of aromatic hydroxyl groups is 2. The average Bonchev–Trinajstić information content (AvgIpc) is 2.52. The van der Waals surface area contributed by atoms with Crippen molar-refractivity contribution in [2.45, 2.75) is 19.8 Å². The number of hydrogen-bond acceptors (Lipinski definition) is 2. The second-order valence-corrected chi connectivity index (χ2v) is 5.93. The average molecular weight is 304 g/mol. The van der Waals surface area contributed by atoms with Crippen LogP contribution in [-0.2, 0) is 0 Å². The first-order chi connectivity index (χ1) is 11.1. The predicted octanol–water partition coefficient (Wildman–Crippen LogP) is 4.89. The SMILES string of the molecule is Cc1cc(O)ccc1C(c1ccccc1)c1ccc(O)cc1C. The van der Waals surface area contributed by atoms with E-state index < -0.39 is 0 Å². The molecule has 0 aliphatic rings. The van der Waals surface area contributed by atoms with Gasteiger partial charge in [0, 0.05) is 5.92 Å². The van der Waals surface area contributed by atoms with Crippen LogP contribution in [-0.4, -0.2) is 10.2 Å². The van der Waals surface area contributed by atoms with Gasteiger partial charge in [0.2, 0.25) is 0 Å². The molecule has 0 spiro atoms. The van der Waals surface area contributed by atoms with Crippen LogP contribution >= 0.6 is 0 Å². The van der Waals surface area contributed by atoms with Crippen molar-refractivity contribution in [1.82, 2.24) is 0 Å². The molecule has 0 radical (unpaired) electrons. The van der Waals surface area contributed by atoms with Crippen LogP contribution in [0.2, 0.25) is 0 Å². The van der Waals surface area contributed by atoms with Crippen LogP contribution in [0.15, 0.2) is 66.7 Å². The Morgan fingerprint density at radius 1 is 0.652 bits per heavy atom. The largest absolute Gasteiger partial charge is 0.508 e. The molecule has 0 heterocycles. The van der Waals surface area contributed by atoms with Crippen molar-refractivity contribution in [2.75, 3.05) is 0 Å². The van der Waals surface area contributed by atoms with Crippen LogP contribution < -0.4 is 0 Å². The van der Waals surface area contributed by atoms with Crippen molar-refractivity contribution >= 4 is 0 Å². The first-order valence-electron chi connectivity index (χ1n) is 7.70. The molecule has 3 aromatic carbocycles. The summed E-state index contributed by atoms with van der Waals surface area (Å²) >= 11 is 0. The molecule has 0 saturated carbocycles. The molecule has 2 N–H and O–H groups in total. The molecule has 0 amide bonds. The Kier molecular flexibility index (Phi) is 4.07.